The zero-order valence-corrected chi connectivity index (χ0v) is 17.0. The molecule has 0 saturated carbocycles. The maximum Gasteiger partial charge on any atom is 0.434 e. The van der Waals surface area contributed by atoms with Crippen molar-refractivity contribution >= 4 is 17.3 Å². The van der Waals surface area contributed by atoms with Crippen molar-refractivity contribution in [1.82, 2.24) is 25.4 Å². The number of aromatic nitrogens is 1. The van der Waals surface area contributed by atoms with E-state index in [4.69, 9.17) is 0 Å². The highest BCUT2D eigenvalue weighted by Crippen LogP contribution is 2.30. The molecule has 1 aromatic rings. The Balaban J connectivity index is 1.81. The summed E-state index contributed by atoms with van der Waals surface area (Å²) in [5.41, 5.74) is -0.851. The van der Waals surface area contributed by atoms with Crippen LogP contribution in [-0.2, 0) is 12.7 Å². The topological polar surface area (TPSA) is 55.8 Å². The number of halogens is 3. The van der Waals surface area contributed by atoms with E-state index in [0.29, 0.717) is 23.4 Å². The molecule has 6 nitrogen and oxygen atoms in total. The number of hydrogen-bond donors (Lipinski definition) is 2. The van der Waals surface area contributed by atoms with Gasteiger partial charge in [-0.1, -0.05) is 6.92 Å². The highest BCUT2D eigenvalue weighted by molar-refractivity contribution is 7.09. The first-order chi connectivity index (χ1) is 12.8. The number of nitrogens with zero attached hydrogens (tertiary/aromatic N) is 4. The molecule has 154 valence electrons. The maximum absolute atomic E-state index is 12.6. The summed E-state index contributed by atoms with van der Waals surface area (Å²) in [6.07, 6.45) is -4.40. The van der Waals surface area contributed by atoms with E-state index in [9.17, 15) is 13.2 Å². The average molecular weight is 407 g/mol. The number of nitrogens with one attached hydrogen (secondary N) is 2. The van der Waals surface area contributed by atoms with Gasteiger partial charge in [-0.15, -0.1) is 11.3 Å². The Morgan fingerprint density at radius 2 is 2.00 bits per heavy atom. The number of alkyl halides is 3. The van der Waals surface area contributed by atoms with Gasteiger partial charge in [0.25, 0.3) is 0 Å². The van der Waals surface area contributed by atoms with Crippen LogP contribution in [0.2, 0.25) is 0 Å². The van der Waals surface area contributed by atoms with Gasteiger partial charge in [0, 0.05) is 51.2 Å². The Morgan fingerprint density at radius 3 is 2.59 bits per heavy atom. The van der Waals surface area contributed by atoms with Crippen molar-refractivity contribution in [3.05, 3.63) is 16.1 Å². The molecule has 1 aliphatic rings. The number of rotatable bonds is 7. The van der Waals surface area contributed by atoms with Gasteiger partial charge in [-0.3, -0.25) is 0 Å². The molecule has 1 aromatic heterocycles. The lowest BCUT2D eigenvalue weighted by atomic mass is 10.1. The predicted octanol–water partition coefficient (Wildman–Crippen LogP) is 2.10. The second kappa shape index (κ2) is 10.2. The van der Waals surface area contributed by atoms with Crippen LogP contribution in [0.4, 0.5) is 13.2 Å². The molecule has 0 amide bonds. The molecule has 1 saturated heterocycles. The molecule has 2 rings (SSSR count). The first-order valence-electron chi connectivity index (χ1n) is 9.22. The lowest BCUT2D eigenvalue weighted by molar-refractivity contribution is -0.140. The van der Waals surface area contributed by atoms with Gasteiger partial charge in [-0.25, -0.2) is 9.98 Å². The molecule has 1 unspecified atom stereocenters. The smallest absolute Gasteiger partial charge is 0.357 e. The SMILES string of the molecule is CCNC(=NCc1nc(C(F)(F)F)cs1)NCC(C)CN1CCN(C)CC1. The second-order valence-electron chi connectivity index (χ2n) is 6.91. The van der Waals surface area contributed by atoms with Crippen molar-refractivity contribution in [3.63, 3.8) is 0 Å². The molecule has 10 heteroatoms. The van der Waals surface area contributed by atoms with Crippen LogP contribution >= 0.6 is 11.3 Å². The third-order valence-electron chi connectivity index (χ3n) is 4.34. The van der Waals surface area contributed by atoms with Crippen LogP contribution in [0.15, 0.2) is 10.4 Å². The Bertz CT molecular complexity index is 596. The predicted molar refractivity (Wildman–Crippen MR) is 103 cm³/mol. The van der Waals surface area contributed by atoms with Crippen LogP contribution in [-0.4, -0.2) is 73.6 Å². The number of aliphatic imine (C=N–C) groups is 1. The molecular formula is C17H29F3N6S. The van der Waals surface area contributed by atoms with Crippen LogP contribution < -0.4 is 10.6 Å². The summed E-state index contributed by atoms with van der Waals surface area (Å²) in [7, 11) is 2.14. The van der Waals surface area contributed by atoms with E-state index in [2.05, 4.69) is 44.4 Å². The van der Waals surface area contributed by atoms with Crippen molar-refractivity contribution < 1.29 is 13.2 Å². The third kappa shape index (κ3) is 7.63. The Labute approximate surface area is 162 Å². The number of hydrogen-bond acceptors (Lipinski definition) is 5. The Kier molecular flexibility index (Phi) is 8.30. The Morgan fingerprint density at radius 1 is 1.30 bits per heavy atom. The lowest BCUT2D eigenvalue weighted by Crippen LogP contribution is -2.47. The minimum atomic E-state index is -4.40. The van der Waals surface area contributed by atoms with Crippen molar-refractivity contribution in [2.75, 3.05) is 52.9 Å². The standard InChI is InChI=1S/C17H29F3N6S/c1-4-21-16(23-10-15-24-14(12-27-15)17(18,19)20)22-9-13(2)11-26-7-5-25(3)6-8-26/h12-13H,4-11H2,1-3H3,(H2,21,22,23). The molecule has 0 aromatic carbocycles. The largest absolute Gasteiger partial charge is 0.434 e. The molecule has 2 heterocycles. The monoisotopic (exact) mass is 406 g/mol. The van der Waals surface area contributed by atoms with Gasteiger partial charge >= 0.3 is 6.18 Å². The zero-order valence-electron chi connectivity index (χ0n) is 16.1. The summed E-state index contributed by atoms with van der Waals surface area (Å²) >= 11 is 0.980. The maximum atomic E-state index is 12.6. The first kappa shape index (κ1) is 21.9. The van der Waals surface area contributed by atoms with Crippen molar-refractivity contribution in [1.29, 1.82) is 0 Å². The van der Waals surface area contributed by atoms with Crippen LogP contribution in [0.25, 0.3) is 0 Å². The van der Waals surface area contributed by atoms with E-state index in [0.717, 1.165) is 56.0 Å². The number of thiazole rings is 1. The van der Waals surface area contributed by atoms with Crippen LogP contribution in [0.3, 0.4) is 0 Å². The molecule has 2 N–H and O–H groups in total. The van der Waals surface area contributed by atoms with E-state index in [1.54, 1.807) is 0 Å². The fourth-order valence-corrected chi connectivity index (χ4v) is 3.53. The van der Waals surface area contributed by atoms with E-state index in [-0.39, 0.29) is 6.54 Å². The fraction of sp³-hybridized carbons (Fsp3) is 0.765. The summed E-state index contributed by atoms with van der Waals surface area (Å²) in [5.74, 6) is 1.04. The molecule has 27 heavy (non-hydrogen) atoms. The van der Waals surface area contributed by atoms with Crippen molar-refractivity contribution in [3.8, 4) is 0 Å². The molecule has 1 fully saturated rings. The van der Waals surface area contributed by atoms with Crippen LogP contribution in [0.1, 0.15) is 24.5 Å². The lowest BCUT2D eigenvalue weighted by Gasteiger charge is -2.34. The zero-order chi connectivity index (χ0) is 19.9. The number of guanidine groups is 1. The number of piperazine rings is 1. The quantitative estimate of drug-likeness (QED) is 0.537. The van der Waals surface area contributed by atoms with Gasteiger partial charge in [0.05, 0.1) is 6.54 Å². The van der Waals surface area contributed by atoms with Gasteiger partial charge < -0.3 is 20.4 Å². The minimum absolute atomic E-state index is 0.128. The third-order valence-corrected chi connectivity index (χ3v) is 5.18. The average Bonchev–Trinajstić information content (AvgIpc) is 3.09. The molecule has 1 aliphatic heterocycles. The fourth-order valence-electron chi connectivity index (χ4n) is 2.81. The highest BCUT2D eigenvalue weighted by atomic mass is 32.1. The molecule has 1 atom stereocenters. The van der Waals surface area contributed by atoms with Crippen molar-refractivity contribution in [2.45, 2.75) is 26.6 Å². The summed E-state index contributed by atoms with van der Waals surface area (Å²) < 4.78 is 37.9. The summed E-state index contributed by atoms with van der Waals surface area (Å²) in [4.78, 5) is 12.8. The highest BCUT2D eigenvalue weighted by Gasteiger charge is 2.33. The normalized spacial score (nSPS) is 18.5. The van der Waals surface area contributed by atoms with Gasteiger partial charge in [0.15, 0.2) is 11.7 Å². The molecule has 0 aliphatic carbocycles. The molecule has 0 spiro atoms. The molecule has 0 radical (unpaired) electrons. The summed E-state index contributed by atoms with van der Waals surface area (Å²) in [5, 5.41) is 7.79. The van der Waals surface area contributed by atoms with Gasteiger partial charge in [0.2, 0.25) is 0 Å². The minimum Gasteiger partial charge on any atom is -0.357 e. The van der Waals surface area contributed by atoms with Crippen LogP contribution in [0, 0.1) is 5.92 Å². The number of likely N-dealkylation sites (N-methyl/N-ethyl adjacent to an activating group) is 1. The van der Waals surface area contributed by atoms with Gasteiger partial charge in [-0.05, 0) is 19.9 Å². The van der Waals surface area contributed by atoms with Crippen LogP contribution in [0.5, 0.6) is 0 Å². The second-order valence-corrected chi connectivity index (χ2v) is 7.85. The Hall–Kier alpha value is -1.39. The van der Waals surface area contributed by atoms with Crippen molar-refractivity contribution in [2.24, 2.45) is 10.9 Å². The summed E-state index contributed by atoms with van der Waals surface area (Å²) in [6, 6.07) is 0. The van der Waals surface area contributed by atoms with Gasteiger partial charge in [-0.2, -0.15) is 13.2 Å². The van der Waals surface area contributed by atoms with E-state index < -0.39 is 11.9 Å². The summed E-state index contributed by atoms with van der Waals surface area (Å²) in [6.45, 7) is 11.1. The van der Waals surface area contributed by atoms with E-state index in [1.807, 2.05) is 6.92 Å². The molecular weight excluding hydrogens is 377 g/mol. The van der Waals surface area contributed by atoms with E-state index >= 15 is 0 Å². The van der Waals surface area contributed by atoms with E-state index in [1.165, 1.54) is 0 Å². The van der Waals surface area contributed by atoms with Gasteiger partial charge in [0.1, 0.15) is 5.01 Å². The first-order valence-corrected chi connectivity index (χ1v) is 10.1. The molecule has 0 bridgehead atoms.